The first kappa shape index (κ1) is 19.6. The largest absolute Gasteiger partial charge is 0.495 e. The van der Waals surface area contributed by atoms with Gasteiger partial charge in [0.1, 0.15) is 5.75 Å². The van der Waals surface area contributed by atoms with Gasteiger partial charge >= 0.3 is 5.97 Å². The van der Waals surface area contributed by atoms with Crippen LogP contribution in [0.15, 0.2) is 24.4 Å². The molecule has 0 fully saturated rings. The van der Waals surface area contributed by atoms with E-state index >= 15 is 0 Å². The number of carbonyl (C=O) groups excluding carboxylic acids is 2. The molecule has 3 aromatic rings. The molecule has 0 spiro atoms. The van der Waals surface area contributed by atoms with Gasteiger partial charge in [0.15, 0.2) is 6.10 Å². The highest BCUT2D eigenvalue weighted by atomic mass is 35.5. The lowest BCUT2D eigenvalue weighted by atomic mass is 10.2. The molecule has 2 aromatic heterocycles. The second kappa shape index (κ2) is 7.81. The molecule has 0 aliphatic rings. The predicted molar refractivity (Wildman–Crippen MR) is 102 cm³/mol. The molecule has 1 unspecified atom stereocenters. The van der Waals surface area contributed by atoms with Gasteiger partial charge in [-0.2, -0.15) is 4.98 Å². The number of benzene rings is 1. The minimum atomic E-state index is -1.09. The number of carbonyl (C=O) groups is 2. The summed E-state index contributed by atoms with van der Waals surface area (Å²) in [5, 5.41) is 7.23. The summed E-state index contributed by atoms with van der Waals surface area (Å²) in [4.78, 5) is 32.8. The highest BCUT2D eigenvalue weighted by molar-refractivity contribution is 6.31. The van der Waals surface area contributed by atoms with E-state index in [1.807, 2.05) is 0 Å². The number of halogens is 1. The zero-order valence-electron chi connectivity index (χ0n) is 15.7. The van der Waals surface area contributed by atoms with Gasteiger partial charge in [-0.3, -0.25) is 4.79 Å². The third-order valence-corrected chi connectivity index (χ3v) is 4.41. The first-order valence-corrected chi connectivity index (χ1v) is 8.72. The Morgan fingerprint density at radius 3 is 2.71 bits per heavy atom. The average Bonchev–Trinajstić information content (AvgIpc) is 3.10. The number of ether oxygens (including phenoxy) is 2. The van der Waals surface area contributed by atoms with Crippen molar-refractivity contribution < 1.29 is 19.1 Å². The van der Waals surface area contributed by atoms with Crippen molar-refractivity contribution in [1.29, 1.82) is 0 Å². The molecule has 1 N–H and O–H groups in total. The van der Waals surface area contributed by atoms with Crippen LogP contribution in [0.5, 0.6) is 5.75 Å². The summed E-state index contributed by atoms with van der Waals surface area (Å²) in [7, 11) is 1.46. The SMILES string of the molecule is COc1cc(Cl)c(C)cc1NC(=O)C(C)OC(=O)c1nc2nccc(C)n2n1. The van der Waals surface area contributed by atoms with Crippen LogP contribution in [0.25, 0.3) is 5.78 Å². The maximum atomic E-state index is 12.4. The molecule has 1 atom stereocenters. The van der Waals surface area contributed by atoms with Gasteiger partial charge in [-0.1, -0.05) is 11.6 Å². The number of aryl methyl sites for hydroxylation is 2. The molecule has 9 nitrogen and oxygen atoms in total. The first-order valence-electron chi connectivity index (χ1n) is 8.34. The van der Waals surface area contributed by atoms with Gasteiger partial charge in [-0.25, -0.2) is 14.3 Å². The van der Waals surface area contributed by atoms with E-state index in [1.54, 1.807) is 38.2 Å². The topological polar surface area (TPSA) is 108 Å². The third kappa shape index (κ3) is 3.89. The summed E-state index contributed by atoms with van der Waals surface area (Å²) >= 11 is 6.06. The van der Waals surface area contributed by atoms with Gasteiger partial charge in [0, 0.05) is 23.0 Å². The van der Waals surface area contributed by atoms with Gasteiger partial charge < -0.3 is 14.8 Å². The van der Waals surface area contributed by atoms with E-state index in [2.05, 4.69) is 20.4 Å². The molecular weight excluding hydrogens is 386 g/mol. The molecule has 0 bridgehead atoms. The van der Waals surface area contributed by atoms with Crippen LogP contribution in [0.1, 0.15) is 28.8 Å². The summed E-state index contributed by atoms with van der Waals surface area (Å²) < 4.78 is 11.8. The molecule has 1 amide bonds. The van der Waals surface area contributed by atoms with E-state index in [0.29, 0.717) is 16.5 Å². The fraction of sp³-hybridized carbons (Fsp3) is 0.278. The Morgan fingerprint density at radius 2 is 2.04 bits per heavy atom. The minimum Gasteiger partial charge on any atom is -0.495 e. The van der Waals surface area contributed by atoms with Crippen molar-refractivity contribution in [3.8, 4) is 5.75 Å². The minimum absolute atomic E-state index is 0.179. The number of esters is 1. The van der Waals surface area contributed by atoms with Gasteiger partial charge in [0.2, 0.25) is 0 Å². The van der Waals surface area contributed by atoms with Gasteiger partial charge in [0.05, 0.1) is 12.8 Å². The van der Waals surface area contributed by atoms with Crippen LogP contribution in [-0.2, 0) is 9.53 Å². The maximum absolute atomic E-state index is 12.4. The van der Waals surface area contributed by atoms with Crippen LogP contribution in [0.4, 0.5) is 5.69 Å². The summed E-state index contributed by atoms with van der Waals surface area (Å²) in [6, 6.07) is 5.00. The third-order valence-electron chi connectivity index (χ3n) is 4.00. The Balaban J connectivity index is 1.72. The maximum Gasteiger partial charge on any atom is 0.379 e. The number of methoxy groups -OCH3 is 1. The molecule has 28 heavy (non-hydrogen) atoms. The standard InChI is InChI=1S/C18H18ClN5O4/c1-9-7-13(14(27-4)8-12(9)19)21-16(25)11(3)28-17(26)15-22-18-20-6-5-10(2)24(18)23-15/h5-8,11H,1-4H3,(H,21,25). The second-order valence-electron chi connectivity index (χ2n) is 6.07. The van der Waals surface area contributed by atoms with Crippen molar-refractivity contribution in [1.82, 2.24) is 19.6 Å². The molecule has 10 heteroatoms. The Morgan fingerprint density at radius 1 is 1.29 bits per heavy atom. The number of hydrogen-bond donors (Lipinski definition) is 1. The molecular formula is C18H18ClN5O4. The van der Waals surface area contributed by atoms with Crippen molar-refractivity contribution in [2.24, 2.45) is 0 Å². The van der Waals surface area contributed by atoms with Gasteiger partial charge in [-0.05, 0) is 38.5 Å². The molecule has 1 aromatic carbocycles. The average molecular weight is 404 g/mol. The Labute approximate surface area is 165 Å². The number of fused-ring (bicyclic) bond motifs is 1. The van der Waals surface area contributed by atoms with E-state index in [0.717, 1.165) is 11.3 Å². The smallest absolute Gasteiger partial charge is 0.379 e. The van der Waals surface area contributed by atoms with Crippen molar-refractivity contribution in [3.63, 3.8) is 0 Å². The van der Waals surface area contributed by atoms with Crippen LogP contribution < -0.4 is 10.1 Å². The molecule has 0 aliphatic heterocycles. The molecule has 0 saturated carbocycles. The summed E-state index contributed by atoms with van der Waals surface area (Å²) in [5.41, 5.74) is 1.94. The number of aromatic nitrogens is 4. The van der Waals surface area contributed by atoms with Crippen LogP contribution in [-0.4, -0.2) is 44.7 Å². The van der Waals surface area contributed by atoms with E-state index in [9.17, 15) is 9.59 Å². The van der Waals surface area contributed by atoms with Gasteiger partial charge in [-0.15, -0.1) is 5.10 Å². The van der Waals surface area contributed by atoms with Crippen LogP contribution in [0.3, 0.4) is 0 Å². The number of hydrogen-bond acceptors (Lipinski definition) is 7. The van der Waals surface area contributed by atoms with E-state index in [-0.39, 0.29) is 11.6 Å². The molecule has 2 heterocycles. The molecule has 3 rings (SSSR count). The molecule has 0 aliphatic carbocycles. The normalized spacial score (nSPS) is 11.9. The van der Waals surface area contributed by atoms with Gasteiger partial charge in [0.25, 0.3) is 17.5 Å². The highest BCUT2D eigenvalue weighted by Gasteiger charge is 2.23. The number of nitrogens with one attached hydrogen (secondary N) is 1. The first-order chi connectivity index (χ1) is 13.3. The number of nitrogens with zero attached hydrogens (tertiary/aromatic N) is 4. The number of rotatable bonds is 5. The van der Waals surface area contributed by atoms with E-state index < -0.39 is 18.0 Å². The fourth-order valence-corrected chi connectivity index (χ4v) is 2.58. The zero-order valence-corrected chi connectivity index (χ0v) is 16.4. The molecule has 0 saturated heterocycles. The highest BCUT2D eigenvalue weighted by Crippen LogP contribution is 2.31. The fourth-order valence-electron chi connectivity index (χ4n) is 2.42. The monoisotopic (exact) mass is 403 g/mol. The quantitative estimate of drug-likeness (QED) is 0.652. The van der Waals surface area contributed by atoms with Crippen LogP contribution in [0.2, 0.25) is 5.02 Å². The van der Waals surface area contributed by atoms with Crippen molar-refractivity contribution in [2.75, 3.05) is 12.4 Å². The molecule has 0 radical (unpaired) electrons. The molecule has 146 valence electrons. The lowest BCUT2D eigenvalue weighted by molar-refractivity contribution is -0.123. The van der Waals surface area contributed by atoms with E-state index in [1.165, 1.54) is 18.5 Å². The van der Waals surface area contributed by atoms with Crippen molar-refractivity contribution in [3.05, 3.63) is 46.5 Å². The van der Waals surface area contributed by atoms with Crippen LogP contribution >= 0.6 is 11.6 Å². The summed E-state index contributed by atoms with van der Waals surface area (Å²) in [6.07, 6.45) is 0.473. The number of amides is 1. The van der Waals surface area contributed by atoms with Crippen LogP contribution in [0, 0.1) is 13.8 Å². The van der Waals surface area contributed by atoms with E-state index in [4.69, 9.17) is 21.1 Å². The Bertz CT molecular complexity index is 1070. The predicted octanol–water partition coefficient (Wildman–Crippen LogP) is 2.59. The van der Waals surface area contributed by atoms with Crippen molar-refractivity contribution >= 4 is 34.9 Å². The van der Waals surface area contributed by atoms with Crippen molar-refractivity contribution in [2.45, 2.75) is 26.9 Å². The lowest BCUT2D eigenvalue weighted by Gasteiger charge is -2.15. The Kier molecular flexibility index (Phi) is 5.46. The Hall–Kier alpha value is -3.20. The summed E-state index contributed by atoms with van der Waals surface area (Å²) in [6.45, 7) is 5.05. The zero-order chi connectivity index (χ0) is 20.4. The lowest BCUT2D eigenvalue weighted by Crippen LogP contribution is -2.30. The number of anilines is 1. The summed E-state index contributed by atoms with van der Waals surface area (Å²) in [5.74, 6) is -0.879. The second-order valence-corrected chi connectivity index (χ2v) is 6.48.